The number of anilines is 3. The number of carbonyl (C=O) groups is 2. The van der Waals surface area contributed by atoms with Gasteiger partial charge in [-0.05, 0) is 30.3 Å². The molecule has 0 aliphatic carbocycles. The van der Waals surface area contributed by atoms with Crippen LogP contribution in [0.3, 0.4) is 0 Å². The number of fused-ring (bicyclic) bond motifs is 1. The first-order valence-electron chi connectivity index (χ1n) is 8.13. The molecule has 12 heteroatoms. The number of amides is 2. The van der Waals surface area contributed by atoms with E-state index in [2.05, 4.69) is 5.32 Å². The molecule has 0 saturated heterocycles. The van der Waals surface area contributed by atoms with E-state index in [9.17, 15) is 26.4 Å². The Morgan fingerprint density at radius 2 is 1.79 bits per heavy atom. The highest BCUT2D eigenvalue weighted by molar-refractivity contribution is 8.13. The molecular weight excluding hydrogens is 442 g/mol. The Bertz CT molecular complexity index is 1230. The average Bonchev–Trinajstić information content (AvgIpc) is 2.64. The maximum absolute atomic E-state index is 13.2. The minimum absolute atomic E-state index is 0.0649. The number of carbonyl (C=O) groups excluding carboxylic acids is 2. The van der Waals surface area contributed by atoms with E-state index in [1.807, 2.05) is 0 Å². The van der Waals surface area contributed by atoms with Crippen LogP contribution in [0.4, 0.5) is 17.1 Å². The van der Waals surface area contributed by atoms with Gasteiger partial charge in [-0.1, -0.05) is 12.1 Å². The van der Waals surface area contributed by atoms with E-state index >= 15 is 0 Å². The number of para-hydroxylation sites is 1. The monoisotopic (exact) mass is 457 g/mol. The van der Waals surface area contributed by atoms with E-state index in [0.29, 0.717) is 0 Å². The van der Waals surface area contributed by atoms with Crippen LogP contribution >= 0.6 is 10.7 Å². The molecule has 0 saturated carbocycles. The summed E-state index contributed by atoms with van der Waals surface area (Å²) in [6.45, 7) is -0.324. The van der Waals surface area contributed by atoms with Crippen LogP contribution in [0.2, 0.25) is 0 Å². The predicted molar refractivity (Wildman–Crippen MR) is 109 cm³/mol. The van der Waals surface area contributed by atoms with E-state index in [0.717, 1.165) is 21.5 Å². The van der Waals surface area contributed by atoms with Crippen molar-refractivity contribution in [2.45, 2.75) is 4.90 Å². The quantitative estimate of drug-likeness (QED) is 0.696. The molecule has 2 aromatic rings. The van der Waals surface area contributed by atoms with Gasteiger partial charge in [-0.3, -0.25) is 18.8 Å². The maximum atomic E-state index is 13.2. The second kappa shape index (κ2) is 7.32. The van der Waals surface area contributed by atoms with Crippen molar-refractivity contribution in [2.75, 3.05) is 34.4 Å². The molecule has 0 spiro atoms. The second-order valence-electron chi connectivity index (χ2n) is 6.30. The number of rotatable bonds is 4. The fourth-order valence-corrected chi connectivity index (χ4v) is 4.15. The van der Waals surface area contributed by atoms with Crippen LogP contribution in [0.25, 0.3) is 0 Å². The first kappa shape index (κ1) is 21.1. The summed E-state index contributed by atoms with van der Waals surface area (Å²) in [7, 11) is -1.01. The van der Waals surface area contributed by atoms with Crippen LogP contribution in [-0.2, 0) is 23.9 Å². The lowest BCUT2D eigenvalue weighted by Crippen LogP contribution is -2.42. The molecular formula is C17H16ClN3O6S2. The normalized spacial score (nSPS) is 14.2. The molecule has 1 heterocycles. The largest absolute Gasteiger partial charge is 0.323 e. The minimum Gasteiger partial charge on any atom is -0.323 e. The summed E-state index contributed by atoms with van der Waals surface area (Å²) < 4.78 is 48.0. The number of benzene rings is 2. The lowest BCUT2D eigenvalue weighted by atomic mass is 10.1. The van der Waals surface area contributed by atoms with Gasteiger partial charge in [-0.15, -0.1) is 0 Å². The fraction of sp³-hybridized carbons (Fsp3) is 0.176. The van der Waals surface area contributed by atoms with Gasteiger partial charge in [0.2, 0.25) is 15.9 Å². The smallest absolute Gasteiger partial charge is 0.261 e. The average molecular weight is 458 g/mol. The second-order valence-corrected chi connectivity index (χ2v) is 10.9. The summed E-state index contributed by atoms with van der Waals surface area (Å²) in [4.78, 5) is 26.3. The van der Waals surface area contributed by atoms with Crippen molar-refractivity contribution in [1.82, 2.24) is 0 Å². The highest BCUT2D eigenvalue weighted by Crippen LogP contribution is 2.34. The van der Waals surface area contributed by atoms with Crippen molar-refractivity contribution >= 4 is 58.6 Å². The standard InChI is InChI=1S/C17H16ClN3O6S2/c1-20(28(2,24)25)14-6-4-3-5-12(14)17(23)21-10-16(22)19-13-9-11(29(18,26)27)7-8-15(13)21/h3-9H,10H2,1-2H3,(H,19,22). The molecule has 1 N–H and O–H groups in total. The third-order valence-corrected chi connectivity index (χ3v) is 6.88. The van der Waals surface area contributed by atoms with Crippen molar-refractivity contribution in [2.24, 2.45) is 0 Å². The van der Waals surface area contributed by atoms with Gasteiger partial charge in [0.05, 0.1) is 33.8 Å². The topological polar surface area (TPSA) is 121 Å². The van der Waals surface area contributed by atoms with Crippen LogP contribution in [0.1, 0.15) is 10.4 Å². The van der Waals surface area contributed by atoms with Crippen molar-refractivity contribution in [3.63, 3.8) is 0 Å². The van der Waals surface area contributed by atoms with Crippen molar-refractivity contribution in [3.05, 3.63) is 48.0 Å². The molecule has 0 atom stereocenters. The fourth-order valence-electron chi connectivity index (χ4n) is 2.86. The summed E-state index contributed by atoms with van der Waals surface area (Å²) in [5, 5.41) is 2.51. The van der Waals surface area contributed by atoms with Crippen molar-refractivity contribution in [1.29, 1.82) is 0 Å². The zero-order valence-electron chi connectivity index (χ0n) is 15.3. The first-order chi connectivity index (χ1) is 13.4. The van der Waals surface area contributed by atoms with Crippen LogP contribution in [0.15, 0.2) is 47.4 Å². The summed E-state index contributed by atoms with van der Waals surface area (Å²) in [5.74, 6) is -1.16. The Morgan fingerprint density at radius 1 is 1.14 bits per heavy atom. The van der Waals surface area contributed by atoms with Gasteiger partial charge >= 0.3 is 0 Å². The molecule has 0 bridgehead atoms. The third kappa shape index (κ3) is 4.21. The van der Waals surface area contributed by atoms with Crippen LogP contribution in [0.5, 0.6) is 0 Å². The summed E-state index contributed by atoms with van der Waals surface area (Å²) in [6, 6.07) is 9.80. The Kier molecular flexibility index (Phi) is 5.32. The van der Waals surface area contributed by atoms with Gasteiger partial charge in [0.1, 0.15) is 6.54 Å². The van der Waals surface area contributed by atoms with E-state index < -0.39 is 30.9 Å². The molecule has 29 heavy (non-hydrogen) atoms. The SMILES string of the molecule is CN(c1ccccc1C(=O)N1CC(=O)Nc2cc(S(=O)(=O)Cl)ccc21)S(C)(=O)=O. The molecule has 154 valence electrons. The predicted octanol–water partition coefficient (Wildman–Crippen LogP) is 1.61. The molecule has 0 aromatic heterocycles. The minimum atomic E-state index is -4.03. The summed E-state index contributed by atoms with van der Waals surface area (Å²) in [5.41, 5.74) is 0.573. The molecule has 2 aromatic carbocycles. The number of nitrogens with one attached hydrogen (secondary N) is 1. The Morgan fingerprint density at radius 3 is 2.41 bits per heavy atom. The van der Waals surface area contributed by atoms with Gasteiger partial charge in [0, 0.05) is 17.7 Å². The van der Waals surface area contributed by atoms with Gasteiger partial charge in [0.15, 0.2) is 0 Å². The highest BCUT2D eigenvalue weighted by atomic mass is 35.7. The van der Waals surface area contributed by atoms with Gasteiger partial charge in [-0.2, -0.15) is 0 Å². The van der Waals surface area contributed by atoms with E-state index in [-0.39, 0.29) is 34.1 Å². The van der Waals surface area contributed by atoms with Gasteiger partial charge < -0.3 is 5.32 Å². The lowest BCUT2D eigenvalue weighted by molar-refractivity contribution is -0.115. The summed E-state index contributed by atoms with van der Waals surface area (Å²) in [6.07, 6.45) is 1.01. The zero-order chi connectivity index (χ0) is 21.6. The Hall–Kier alpha value is -2.63. The molecule has 0 fully saturated rings. The molecule has 0 unspecified atom stereocenters. The molecule has 2 amide bonds. The number of halogens is 1. The number of hydrogen-bond acceptors (Lipinski definition) is 6. The van der Waals surface area contributed by atoms with Crippen LogP contribution in [-0.4, -0.2) is 48.5 Å². The Balaban J connectivity index is 2.10. The number of nitrogens with zero attached hydrogens (tertiary/aromatic N) is 2. The first-order valence-corrected chi connectivity index (χ1v) is 12.3. The molecule has 3 rings (SSSR count). The zero-order valence-corrected chi connectivity index (χ0v) is 17.7. The van der Waals surface area contributed by atoms with E-state index in [4.69, 9.17) is 10.7 Å². The summed E-state index contributed by atoms with van der Waals surface area (Å²) >= 11 is 0. The van der Waals surface area contributed by atoms with E-state index in [1.54, 1.807) is 12.1 Å². The molecule has 1 aliphatic heterocycles. The lowest BCUT2D eigenvalue weighted by Gasteiger charge is -2.30. The highest BCUT2D eigenvalue weighted by Gasteiger charge is 2.31. The van der Waals surface area contributed by atoms with E-state index in [1.165, 1.54) is 31.3 Å². The maximum Gasteiger partial charge on any atom is 0.261 e. The Labute approximate surface area is 172 Å². The number of sulfonamides is 1. The molecule has 0 radical (unpaired) electrons. The molecule has 9 nitrogen and oxygen atoms in total. The van der Waals surface area contributed by atoms with Crippen molar-refractivity contribution < 1.29 is 26.4 Å². The van der Waals surface area contributed by atoms with Crippen LogP contribution < -0.4 is 14.5 Å². The van der Waals surface area contributed by atoms with Crippen molar-refractivity contribution in [3.8, 4) is 0 Å². The van der Waals surface area contributed by atoms with Crippen LogP contribution in [0, 0.1) is 0 Å². The molecule has 1 aliphatic rings. The van der Waals surface area contributed by atoms with Gasteiger partial charge in [0.25, 0.3) is 15.0 Å². The number of hydrogen-bond donors (Lipinski definition) is 1. The van der Waals surface area contributed by atoms with Gasteiger partial charge in [-0.25, -0.2) is 16.8 Å². The third-order valence-electron chi connectivity index (χ3n) is 4.33.